The van der Waals surface area contributed by atoms with Crippen molar-refractivity contribution < 1.29 is 14.7 Å². The van der Waals surface area contributed by atoms with E-state index in [0.717, 1.165) is 22.6 Å². The third kappa shape index (κ3) is 6.57. The summed E-state index contributed by atoms with van der Waals surface area (Å²) in [6.07, 6.45) is 1.50. The number of carbonyl (C=O) groups excluding carboxylic acids is 2. The summed E-state index contributed by atoms with van der Waals surface area (Å²) < 4.78 is 0. The van der Waals surface area contributed by atoms with E-state index in [4.69, 9.17) is 0 Å². The number of nitrogens with one attached hydrogen (secondary N) is 2. The third-order valence-corrected chi connectivity index (χ3v) is 5.34. The van der Waals surface area contributed by atoms with Crippen LogP contribution < -0.4 is 15.6 Å². The number of carbonyl (C=O) groups is 2. The maximum Gasteiger partial charge on any atom is 0.240 e. The Labute approximate surface area is 209 Å². The lowest BCUT2D eigenvalue weighted by Crippen LogP contribution is -2.20. The highest BCUT2D eigenvalue weighted by molar-refractivity contribution is 5.94. The van der Waals surface area contributed by atoms with E-state index in [1.165, 1.54) is 6.07 Å². The summed E-state index contributed by atoms with van der Waals surface area (Å²) in [7, 11) is 0. The molecule has 0 saturated heterocycles. The summed E-state index contributed by atoms with van der Waals surface area (Å²) in [4.78, 5) is 26.2. The molecule has 36 heavy (non-hydrogen) atoms. The van der Waals surface area contributed by atoms with Crippen LogP contribution in [-0.4, -0.2) is 23.1 Å². The molecule has 0 aliphatic heterocycles. The molecule has 0 aliphatic rings. The summed E-state index contributed by atoms with van der Waals surface area (Å²) in [5.74, 6) is -0.774. The molecule has 4 aromatic carbocycles. The van der Waals surface area contributed by atoms with Crippen molar-refractivity contribution in [2.24, 2.45) is 5.10 Å². The molecular formula is C29H26N4O3. The second kappa shape index (κ2) is 12.0. The van der Waals surface area contributed by atoms with Crippen molar-refractivity contribution in [3.63, 3.8) is 0 Å². The first-order chi connectivity index (χ1) is 17.6. The molecule has 0 unspecified atom stereocenters. The van der Waals surface area contributed by atoms with Crippen LogP contribution in [0.15, 0.2) is 114 Å². The monoisotopic (exact) mass is 478 g/mol. The Bertz CT molecular complexity index is 1280. The van der Waals surface area contributed by atoms with Gasteiger partial charge in [-0.05, 0) is 54.1 Å². The lowest BCUT2D eigenvalue weighted by atomic mass is 10.1. The van der Waals surface area contributed by atoms with Crippen molar-refractivity contribution in [1.82, 2.24) is 5.43 Å². The zero-order valence-electron chi connectivity index (χ0n) is 19.5. The predicted molar refractivity (Wildman–Crippen MR) is 143 cm³/mol. The number of anilines is 4. The summed E-state index contributed by atoms with van der Waals surface area (Å²) >= 11 is 0. The number of hydrazone groups is 1. The first kappa shape index (κ1) is 24.2. The van der Waals surface area contributed by atoms with Gasteiger partial charge in [-0.2, -0.15) is 5.10 Å². The van der Waals surface area contributed by atoms with Crippen LogP contribution in [0.25, 0.3) is 0 Å². The second-order valence-corrected chi connectivity index (χ2v) is 7.96. The van der Waals surface area contributed by atoms with Crippen molar-refractivity contribution in [1.29, 1.82) is 0 Å². The van der Waals surface area contributed by atoms with Gasteiger partial charge in [0.25, 0.3) is 0 Å². The van der Waals surface area contributed by atoms with Gasteiger partial charge in [0.05, 0.1) is 11.9 Å². The highest BCUT2D eigenvalue weighted by Crippen LogP contribution is 2.33. The lowest BCUT2D eigenvalue weighted by Gasteiger charge is -2.25. The topological polar surface area (TPSA) is 94.0 Å². The molecular weight excluding hydrogens is 452 g/mol. The van der Waals surface area contributed by atoms with Crippen molar-refractivity contribution >= 4 is 40.8 Å². The standard InChI is InChI=1S/C29H26N4O3/c34-27-14-8-7-13-26(27)31-28(35)19-20-29(36)32-30-21-22-15-17-25(18-16-22)33(23-9-3-1-4-10-23)24-11-5-2-6-12-24/h1-18,21,34H,19-20H2,(H,31,35)(H,32,36). The molecule has 0 spiro atoms. The summed E-state index contributed by atoms with van der Waals surface area (Å²) in [6, 6.07) is 34.5. The fraction of sp³-hybridized carbons (Fsp3) is 0.0690. The zero-order valence-corrected chi connectivity index (χ0v) is 19.5. The minimum absolute atomic E-state index is 0.0263. The number of benzene rings is 4. The van der Waals surface area contributed by atoms with E-state index in [9.17, 15) is 14.7 Å². The summed E-state index contributed by atoms with van der Waals surface area (Å²) in [6.45, 7) is 0. The number of nitrogens with zero attached hydrogens (tertiary/aromatic N) is 2. The predicted octanol–water partition coefficient (Wildman–Crippen LogP) is 5.73. The molecule has 0 radical (unpaired) electrons. The maximum absolute atomic E-state index is 12.1. The number of amides is 2. The molecule has 180 valence electrons. The van der Waals surface area contributed by atoms with Gasteiger partial charge >= 0.3 is 0 Å². The van der Waals surface area contributed by atoms with Crippen LogP contribution in [0.5, 0.6) is 5.75 Å². The molecule has 0 heterocycles. The van der Waals surface area contributed by atoms with Gasteiger partial charge in [0.1, 0.15) is 5.75 Å². The molecule has 7 heteroatoms. The third-order valence-electron chi connectivity index (χ3n) is 5.34. The van der Waals surface area contributed by atoms with Crippen LogP contribution in [0.4, 0.5) is 22.7 Å². The maximum atomic E-state index is 12.1. The van der Waals surface area contributed by atoms with Crippen LogP contribution in [-0.2, 0) is 9.59 Å². The molecule has 2 amide bonds. The van der Waals surface area contributed by atoms with Gasteiger partial charge in [0, 0.05) is 29.9 Å². The summed E-state index contributed by atoms with van der Waals surface area (Å²) in [5.41, 5.74) is 6.65. The van der Waals surface area contributed by atoms with Crippen LogP contribution >= 0.6 is 0 Å². The van der Waals surface area contributed by atoms with Gasteiger partial charge in [0.15, 0.2) is 0 Å². The SMILES string of the molecule is O=C(CCC(=O)Nc1ccccc1O)NN=Cc1ccc(N(c2ccccc2)c2ccccc2)cc1. The fourth-order valence-electron chi connectivity index (χ4n) is 3.56. The van der Waals surface area contributed by atoms with E-state index in [2.05, 4.69) is 45.0 Å². The number of rotatable bonds is 9. The highest BCUT2D eigenvalue weighted by Gasteiger charge is 2.11. The smallest absolute Gasteiger partial charge is 0.240 e. The van der Waals surface area contributed by atoms with Crippen LogP contribution in [0.2, 0.25) is 0 Å². The Balaban J connectivity index is 1.32. The van der Waals surface area contributed by atoms with E-state index in [1.807, 2.05) is 60.7 Å². The van der Waals surface area contributed by atoms with Crippen molar-refractivity contribution in [3.8, 4) is 5.75 Å². The molecule has 0 bridgehead atoms. The molecule has 0 fully saturated rings. The van der Waals surface area contributed by atoms with Crippen LogP contribution in [0, 0.1) is 0 Å². The Morgan fingerprint density at radius 1 is 0.694 bits per heavy atom. The number of hydrogen-bond donors (Lipinski definition) is 3. The number of para-hydroxylation sites is 4. The number of aromatic hydroxyl groups is 1. The number of phenols is 1. The van der Waals surface area contributed by atoms with Crippen molar-refractivity contribution in [2.75, 3.05) is 10.2 Å². The van der Waals surface area contributed by atoms with Gasteiger partial charge in [-0.1, -0.05) is 60.7 Å². The minimum Gasteiger partial charge on any atom is -0.506 e. The minimum atomic E-state index is -0.380. The first-order valence-corrected chi connectivity index (χ1v) is 11.5. The van der Waals surface area contributed by atoms with Crippen LogP contribution in [0.1, 0.15) is 18.4 Å². The molecule has 3 N–H and O–H groups in total. The molecule has 0 saturated carbocycles. The largest absolute Gasteiger partial charge is 0.506 e. The molecule has 7 nitrogen and oxygen atoms in total. The lowest BCUT2D eigenvalue weighted by molar-refractivity contribution is -0.124. The van der Waals surface area contributed by atoms with Gasteiger partial charge < -0.3 is 15.3 Å². The Morgan fingerprint density at radius 2 is 1.22 bits per heavy atom. The Morgan fingerprint density at radius 3 is 1.83 bits per heavy atom. The van der Waals surface area contributed by atoms with E-state index < -0.39 is 0 Å². The molecule has 0 aromatic heterocycles. The van der Waals surface area contributed by atoms with Crippen LogP contribution in [0.3, 0.4) is 0 Å². The molecule has 4 aromatic rings. The quantitative estimate of drug-likeness (QED) is 0.163. The second-order valence-electron chi connectivity index (χ2n) is 7.96. The van der Waals surface area contributed by atoms with Gasteiger partial charge in [-0.3, -0.25) is 9.59 Å². The molecule has 0 aliphatic carbocycles. The fourth-order valence-corrected chi connectivity index (χ4v) is 3.56. The first-order valence-electron chi connectivity index (χ1n) is 11.5. The van der Waals surface area contributed by atoms with Crippen molar-refractivity contribution in [2.45, 2.75) is 12.8 Å². The van der Waals surface area contributed by atoms with Gasteiger partial charge in [-0.15, -0.1) is 0 Å². The van der Waals surface area contributed by atoms with E-state index in [-0.39, 0.29) is 30.4 Å². The average molecular weight is 479 g/mol. The molecule has 4 rings (SSSR count). The zero-order chi connectivity index (χ0) is 25.2. The Hall–Kier alpha value is -4.91. The number of phenolic OH excluding ortho intramolecular Hbond substituents is 1. The van der Waals surface area contributed by atoms with E-state index in [1.54, 1.807) is 24.4 Å². The highest BCUT2D eigenvalue weighted by atomic mass is 16.3. The van der Waals surface area contributed by atoms with Crippen molar-refractivity contribution in [3.05, 3.63) is 115 Å². The van der Waals surface area contributed by atoms with Gasteiger partial charge in [-0.25, -0.2) is 5.43 Å². The normalized spacial score (nSPS) is 10.7. The number of hydrogen-bond acceptors (Lipinski definition) is 5. The average Bonchev–Trinajstić information content (AvgIpc) is 2.91. The summed E-state index contributed by atoms with van der Waals surface area (Å²) in [5, 5.41) is 16.3. The van der Waals surface area contributed by atoms with E-state index in [0.29, 0.717) is 5.69 Å². The van der Waals surface area contributed by atoms with E-state index >= 15 is 0 Å². The Kier molecular flexibility index (Phi) is 8.07. The van der Waals surface area contributed by atoms with Gasteiger partial charge in [0.2, 0.25) is 11.8 Å². The molecule has 0 atom stereocenters.